The predicted molar refractivity (Wildman–Crippen MR) is 72.0 cm³/mol. The van der Waals surface area contributed by atoms with Crippen LogP contribution in [0.15, 0.2) is 36.7 Å². The molecule has 0 N–H and O–H groups in total. The van der Waals surface area contributed by atoms with Crippen molar-refractivity contribution in [3.63, 3.8) is 0 Å². The normalized spacial score (nSPS) is 11.1. The number of aryl methyl sites for hydroxylation is 2. The Balaban J connectivity index is 1.98. The summed E-state index contributed by atoms with van der Waals surface area (Å²) in [6.45, 7) is 0. The summed E-state index contributed by atoms with van der Waals surface area (Å²) in [6, 6.07) is 7.76. The van der Waals surface area contributed by atoms with E-state index in [-0.39, 0.29) is 5.78 Å². The molecule has 0 bridgehead atoms. The molecule has 0 spiro atoms. The number of rotatable bonds is 3. The van der Waals surface area contributed by atoms with Crippen molar-refractivity contribution < 1.29 is 4.79 Å². The number of benzene rings is 1. The van der Waals surface area contributed by atoms with E-state index in [1.54, 1.807) is 15.6 Å². The molecular weight excluding hydrogens is 240 g/mol. The van der Waals surface area contributed by atoms with Gasteiger partial charge in [0.1, 0.15) is 5.69 Å². The minimum Gasteiger partial charge on any atom is -0.292 e. The molecule has 3 rings (SSSR count). The third-order valence-electron chi connectivity index (χ3n) is 3.14. The fraction of sp³-hybridized carbons (Fsp3) is 0.214. The Kier molecular flexibility index (Phi) is 2.67. The fourth-order valence-electron chi connectivity index (χ4n) is 2.25. The predicted octanol–water partition coefficient (Wildman–Crippen LogP) is 1.73. The van der Waals surface area contributed by atoms with Gasteiger partial charge in [-0.1, -0.05) is 18.2 Å². The molecule has 1 aromatic carbocycles. The third-order valence-corrected chi connectivity index (χ3v) is 3.14. The van der Waals surface area contributed by atoms with Crippen molar-refractivity contribution in [2.24, 2.45) is 14.1 Å². The van der Waals surface area contributed by atoms with Gasteiger partial charge in [0.2, 0.25) is 0 Å². The number of fused-ring (bicyclic) bond motifs is 1. The van der Waals surface area contributed by atoms with Gasteiger partial charge in [0.15, 0.2) is 5.78 Å². The SMILES string of the molecule is Cn1cc(CC(=O)c2nn(C)c3ccccc23)cn1. The highest BCUT2D eigenvalue weighted by Gasteiger charge is 2.16. The summed E-state index contributed by atoms with van der Waals surface area (Å²) in [7, 11) is 3.69. The first kappa shape index (κ1) is 11.6. The monoisotopic (exact) mass is 254 g/mol. The highest BCUT2D eigenvalue weighted by molar-refractivity contribution is 6.06. The number of aromatic nitrogens is 4. The number of carbonyl (C=O) groups excluding carboxylic acids is 1. The Morgan fingerprint density at radius 2 is 2.05 bits per heavy atom. The van der Waals surface area contributed by atoms with Gasteiger partial charge >= 0.3 is 0 Å². The Hall–Kier alpha value is -2.43. The maximum atomic E-state index is 12.3. The fourth-order valence-corrected chi connectivity index (χ4v) is 2.25. The first-order chi connectivity index (χ1) is 9.15. The number of ketones is 1. The molecular formula is C14H14N4O. The lowest BCUT2D eigenvalue weighted by Gasteiger charge is -1.95. The molecule has 0 amide bonds. The largest absolute Gasteiger partial charge is 0.292 e. The van der Waals surface area contributed by atoms with E-state index in [0.29, 0.717) is 12.1 Å². The molecule has 0 fully saturated rings. The van der Waals surface area contributed by atoms with Crippen LogP contribution in [0.25, 0.3) is 10.9 Å². The van der Waals surface area contributed by atoms with Crippen LogP contribution in [0, 0.1) is 0 Å². The molecule has 0 radical (unpaired) electrons. The molecule has 5 nitrogen and oxygen atoms in total. The van der Waals surface area contributed by atoms with Crippen molar-refractivity contribution in [2.75, 3.05) is 0 Å². The van der Waals surface area contributed by atoms with Crippen LogP contribution in [0.3, 0.4) is 0 Å². The van der Waals surface area contributed by atoms with Gasteiger partial charge in [-0.05, 0) is 11.6 Å². The van der Waals surface area contributed by atoms with Crippen LogP contribution in [-0.2, 0) is 20.5 Å². The summed E-state index contributed by atoms with van der Waals surface area (Å²) in [4.78, 5) is 12.3. The second kappa shape index (κ2) is 4.35. The summed E-state index contributed by atoms with van der Waals surface area (Å²) in [5.74, 6) is 0.0183. The molecule has 0 unspecified atom stereocenters. The number of nitrogens with zero attached hydrogens (tertiary/aromatic N) is 4. The average molecular weight is 254 g/mol. The van der Waals surface area contributed by atoms with Gasteiger partial charge < -0.3 is 0 Å². The van der Waals surface area contributed by atoms with E-state index < -0.39 is 0 Å². The van der Waals surface area contributed by atoms with Crippen LogP contribution in [-0.4, -0.2) is 25.3 Å². The van der Waals surface area contributed by atoms with Gasteiger partial charge in [-0.15, -0.1) is 0 Å². The Morgan fingerprint density at radius 3 is 2.79 bits per heavy atom. The quantitative estimate of drug-likeness (QED) is 0.669. The number of carbonyl (C=O) groups is 1. The second-order valence-corrected chi connectivity index (χ2v) is 4.61. The highest BCUT2D eigenvalue weighted by atomic mass is 16.1. The summed E-state index contributed by atoms with van der Waals surface area (Å²) in [5, 5.41) is 9.30. The van der Waals surface area contributed by atoms with Gasteiger partial charge in [-0.2, -0.15) is 10.2 Å². The van der Waals surface area contributed by atoms with Crippen molar-refractivity contribution in [1.82, 2.24) is 19.6 Å². The van der Waals surface area contributed by atoms with Crippen molar-refractivity contribution >= 4 is 16.7 Å². The third kappa shape index (κ3) is 2.03. The van der Waals surface area contributed by atoms with E-state index in [9.17, 15) is 4.79 Å². The van der Waals surface area contributed by atoms with E-state index in [1.165, 1.54) is 0 Å². The smallest absolute Gasteiger partial charge is 0.188 e. The standard InChI is InChI=1S/C14H14N4O/c1-17-9-10(8-15-17)7-13(19)14-11-5-3-4-6-12(11)18(2)16-14/h3-6,8-9H,7H2,1-2H3. The Labute approximate surface area is 110 Å². The van der Waals surface area contributed by atoms with E-state index in [1.807, 2.05) is 44.6 Å². The van der Waals surface area contributed by atoms with Crippen LogP contribution in [0.5, 0.6) is 0 Å². The van der Waals surface area contributed by atoms with Crippen molar-refractivity contribution in [3.05, 3.63) is 47.9 Å². The van der Waals surface area contributed by atoms with E-state index >= 15 is 0 Å². The molecule has 5 heteroatoms. The average Bonchev–Trinajstić information content (AvgIpc) is 2.95. The number of hydrogen-bond acceptors (Lipinski definition) is 3. The zero-order valence-electron chi connectivity index (χ0n) is 10.9. The maximum absolute atomic E-state index is 12.3. The van der Waals surface area contributed by atoms with Crippen LogP contribution < -0.4 is 0 Å². The maximum Gasteiger partial charge on any atom is 0.188 e. The Bertz CT molecular complexity index is 754. The van der Waals surface area contributed by atoms with Crippen LogP contribution in [0.4, 0.5) is 0 Å². The number of para-hydroxylation sites is 1. The van der Waals surface area contributed by atoms with Gasteiger partial charge in [0.05, 0.1) is 11.7 Å². The van der Waals surface area contributed by atoms with Crippen molar-refractivity contribution in [3.8, 4) is 0 Å². The first-order valence-corrected chi connectivity index (χ1v) is 6.07. The molecule has 96 valence electrons. The minimum absolute atomic E-state index is 0.0183. The Morgan fingerprint density at radius 1 is 1.26 bits per heavy atom. The van der Waals surface area contributed by atoms with Gasteiger partial charge in [0, 0.05) is 32.1 Å². The molecule has 0 aliphatic carbocycles. The van der Waals surface area contributed by atoms with Crippen molar-refractivity contribution in [2.45, 2.75) is 6.42 Å². The van der Waals surface area contributed by atoms with Crippen LogP contribution >= 0.6 is 0 Å². The lowest BCUT2D eigenvalue weighted by Crippen LogP contribution is -2.05. The number of Topliss-reactive ketones (excluding diaryl/α,β-unsaturated/α-hetero) is 1. The molecule has 3 aromatic rings. The van der Waals surface area contributed by atoms with E-state index in [0.717, 1.165) is 16.5 Å². The summed E-state index contributed by atoms with van der Waals surface area (Å²) in [5.41, 5.74) is 2.40. The van der Waals surface area contributed by atoms with Gasteiger partial charge in [-0.3, -0.25) is 14.2 Å². The molecule has 2 aromatic heterocycles. The van der Waals surface area contributed by atoms with Gasteiger partial charge in [-0.25, -0.2) is 0 Å². The summed E-state index contributed by atoms with van der Waals surface area (Å²) in [6.07, 6.45) is 3.89. The van der Waals surface area contributed by atoms with Crippen molar-refractivity contribution in [1.29, 1.82) is 0 Å². The van der Waals surface area contributed by atoms with E-state index in [4.69, 9.17) is 0 Å². The first-order valence-electron chi connectivity index (χ1n) is 6.07. The molecule has 0 atom stereocenters. The topological polar surface area (TPSA) is 52.7 Å². The minimum atomic E-state index is 0.0183. The number of hydrogen-bond donors (Lipinski definition) is 0. The lowest BCUT2D eigenvalue weighted by molar-refractivity contribution is 0.0989. The summed E-state index contributed by atoms with van der Waals surface area (Å²) >= 11 is 0. The van der Waals surface area contributed by atoms with Crippen LogP contribution in [0.1, 0.15) is 16.1 Å². The van der Waals surface area contributed by atoms with Crippen LogP contribution in [0.2, 0.25) is 0 Å². The molecule has 0 aliphatic rings. The zero-order chi connectivity index (χ0) is 13.4. The molecule has 0 saturated heterocycles. The molecule has 0 saturated carbocycles. The lowest BCUT2D eigenvalue weighted by atomic mass is 10.1. The molecule has 2 heterocycles. The van der Waals surface area contributed by atoms with E-state index in [2.05, 4.69) is 10.2 Å². The zero-order valence-corrected chi connectivity index (χ0v) is 10.9. The second-order valence-electron chi connectivity index (χ2n) is 4.61. The highest BCUT2D eigenvalue weighted by Crippen LogP contribution is 2.19. The molecule has 0 aliphatic heterocycles. The summed E-state index contributed by atoms with van der Waals surface area (Å²) < 4.78 is 3.44. The molecule has 19 heavy (non-hydrogen) atoms. The van der Waals surface area contributed by atoms with Gasteiger partial charge in [0.25, 0.3) is 0 Å².